The Bertz CT molecular complexity index is 578. The average molecular weight is 247 g/mol. The molecule has 2 N–H and O–H groups in total. The van der Waals surface area contributed by atoms with Gasteiger partial charge in [-0.15, -0.1) is 0 Å². The molecule has 0 atom stereocenters. The molecule has 0 aliphatic rings. The van der Waals surface area contributed by atoms with E-state index in [0.29, 0.717) is 17.0 Å². The lowest BCUT2D eigenvalue weighted by atomic mass is 9.95. The lowest BCUT2D eigenvalue weighted by Gasteiger charge is -2.17. The van der Waals surface area contributed by atoms with Gasteiger partial charge < -0.3 is 14.8 Å². The molecule has 0 saturated carbocycles. The van der Waals surface area contributed by atoms with Gasteiger partial charge in [-0.25, -0.2) is 0 Å². The van der Waals surface area contributed by atoms with Gasteiger partial charge in [0.15, 0.2) is 0 Å². The molecule has 1 aromatic carbocycles. The lowest BCUT2D eigenvalue weighted by molar-refractivity contribution is -0.123. The van der Waals surface area contributed by atoms with Crippen LogP contribution in [0.5, 0.6) is 0 Å². The van der Waals surface area contributed by atoms with E-state index in [1.54, 1.807) is 12.1 Å². The first-order chi connectivity index (χ1) is 8.41. The van der Waals surface area contributed by atoms with E-state index in [-0.39, 0.29) is 12.5 Å². The maximum atomic E-state index is 12.0. The van der Waals surface area contributed by atoms with Crippen molar-refractivity contribution in [2.24, 2.45) is 5.41 Å². The fourth-order valence-corrected chi connectivity index (χ4v) is 1.61. The van der Waals surface area contributed by atoms with Gasteiger partial charge in [0, 0.05) is 10.8 Å². The van der Waals surface area contributed by atoms with Crippen LogP contribution in [0.4, 0.5) is 5.69 Å². The van der Waals surface area contributed by atoms with Gasteiger partial charge in [0.25, 0.3) is 0 Å². The summed E-state index contributed by atoms with van der Waals surface area (Å²) in [4.78, 5) is 12.0. The monoisotopic (exact) mass is 247 g/mol. The fraction of sp³-hybridized carbons (Fsp3) is 0.357. The number of benzene rings is 1. The number of nitrogens with one attached hydrogen (secondary N) is 1. The van der Waals surface area contributed by atoms with Crippen LogP contribution in [0.1, 0.15) is 26.5 Å². The number of hydrogen-bond acceptors (Lipinski definition) is 3. The third kappa shape index (κ3) is 2.38. The standard InChI is InChI=1S/C14H17NO3/c1-14(2,3)13(17)15-11-5-4-6-12-10(11)7-9(8-16)18-12/h4-7,16H,8H2,1-3H3,(H,15,17). The van der Waals surface area contributed by atoms with Gasteiger partial charge in [0.05, 0.1) is 5.69 Å². The van der Waals surface area contributed by atoms with Gasteiger partial charge in [-0.2, -0.15) is 0 Å². The van der Waals surface area contributed by atoms with Crippen LogP contribution in [-0.2, 0) is 11.4 Å². The third-order valence-corrected chi connectivity index (χ3v) is 2.70. The zero-order chi connectivity index (χ0) is 13.3. The highest BCUT2D eigenvalue weighted by atomic mass is 16.4. The van der Waals surface area contributed by atoms with E-state index in [2.05, 4.69) is 5.32 Å². The van der Waals surface area contributed by atoms with Gasteiger partial charge in [-0.1, -0.05) is 26.8 Å². The van der Waals surface area contributed by atoms with E-state index in [1.807, 2.05) is 32.9 Å². The smallest absolute Gasteiger partial charge is 0.229 e. The van der Waals surface area contributed by atoms with Crippen molar-refractivity contribution >= 4 is 22.6 Å². The Morgan fingerprint density at radius 3 is 2.72 bits per heavy atom. The highest BCUT2D eigenvalue weighted by molar-refractivity contribution is 6.02. The van der Waals surface area contributed by atoms with Crippen molar-refractivity contribution in [1.82, 2.24) is 0 Å². The van der Waals surface area contributed by atoms with E-state index >= 15 is 0 Å². The van der Waals surface area contributed by atoms with E-state index in [9.17, 15) is 4.79 Å². The number of hydrogen-bond donors (Lipinski definition) is 2. The fourth-order valence-electron chi connectivity index (χ4n) is 1.61. The molecule has 2 aromatic rings. The minimum atomic E-state index is -0.453. The summed E-state index contributed by atoms with van der Waals surface area (Å²) in [5, 5.41) is 12.7. The van der Waals surface area contributed by atoms with Gasteiger partial charge in [-0.05, 0) is 18.2 Å². The van der Waals surface area contributed by atoms with Crippen molar-refractivity contribution in [2.75, 3.05) is 5.32 Å². The van der Waals surface area contributed by atoms with Crippen LogP contribution in [0.3, 0.4) is 0 Å². The van der Waals surface area contributed by atoms with E-state index in [0.717, 1.165) is 5.39 Å². The topological polar surface area (TPSA) is 62.5 Å². The zero-order valence-electron chi connectivity index (χ0n) is 10.8. The molecule has 0 aliphatic heterocycles. The summed E-state index contributed by atoms with van der Waals surface area (Å²) in [7, 11) is 0. The molecular formula is C14H17NO3. The van der Waals surface area contributed by atoms with Crippen molar-refractivity contribution in [2.45, 2.75) is 27.4 Å². The van der Waals surface area contributed by atoms with Crippen LogP contribution >= 0.6 is 0 Å². The number of furan rings is 1. The molecule has 4 nitrogen and oxygen atoms in total. The number of carbonyl (C=O) groups is 1. The maximum Gasteiger partial charge on any atom is 0.229 e. The molecule has 1 amide bonds. The number of anilines is 1. The molecule has 0 radical (unpaired) electrons. The Hall–Kier alpha value is -1.81. The maximum absolute atomic E-state index is 12.0. The summed E-state index contributed by atoms with van der Waals surface area (Å²) in [6.07, 6.45) is 0. The molecule has 2 rings (SSSR count). The quantitative estimate of drug-likeness (QED) is 0.857. The molecule has 0 spiro atoms. The summed E-state index contributed by atoms with van der Waals surface area (Å²) in [6.45, 7) is 5.42. The molecule has 0 bridgehead atoms. The number of aliphatic hydroxyl groups is 1. The van der Waals surface area contributed by atoms with E-state index in [1.165, 1.54) is 0 Å². The number of rotatable bonds is 2. The Kier molecular flexibility index (Phi) is 3.13. The lowest BCUT2D eigenvalue weighted by Crippen LogP contribution is -2.27. The van der Waals surface area contributed by atoms with Crippen molar-refractivity contribution in [3.8, 4) is 0 Å². The molecule has 0 fully saturated rings. The Morgan fingerprint density at radius 1 is 1.39 bits per heavy atom. The normalized spacial score (nSPS) is 11.8. The van der Waals surface area contributed by atoms with Crippen LogP contribution in [0.2, 0.25) is 0 Å². The second kappa shape index (κ2) is 4.46. The Labute approximate surface area is 106 Å². The van der Waals surface area contributed by atoms with Crippen LogP contribution in [0, 0.1) is 5.41 Å². The van der Waals surface area contributed by atoms with Crippen molar-refractivity contribution in [3.05, 3.63) is 30.0 Å². The zero-order valence-corrected chi connectivity index (χ0v) is 10.8. The summed E-state index contributed by atoms with van der Waals surface area (Å²) in [5.41, 5.74) is 0.910. The van der Waals surface area contributed by atoms with Crippen LogP contribution in [-0.4, -0.2) is 11.0 Å². The second-order valence-electron chi connectivity index (χ2n) is 5.29. The second-order valence-corrected chi connectivity index (χ2v) is 5.29. The molecule has 4 heteroatoms. The number of fused-ring (bicyclic) bond motifs is 1. The first kappa shape index (κ1) is 12.6. The van der Waals surface area contributed by atoms with Gasteiger partial charge >= 0.3 is 0 Å². The number of aliphatic hydroxyl groups excluding tert-OH is 1. The van der Waals surface area contributed by atoms with Crippen LogP contribution < -0.4 is 5.32 Å². The first-order valence-corrected chi connectivity index (χ1v) is 5.85. The Balaban J connectivity index is 2.39. The summed E-state index contributed by atoms with van der Waals surface area (Å²) >= 11 is 0. The summed E-state index contributed by atoms with van der Waals surface area (Å²) in [5.74, 6) is 0.434. The van der Waals surface area contributed by atoms with Gasteiger partial charge in [0.2, 0.25) is 5.91 Å². The minimum Gasteiger partial charge on any atom is -0.459 e. The minimum absolute atomic E-state index is 0.0539. The van der Waals surface area contributed by atoms with Crippen molar-refractivity contribution in [3.63, 3.8) is 0 Å². The van der Waals surface area contributed by atoms with Crippen LogP contribution in [0.25, 0.3) is 11.0 Å². The molecule has 0 unspecified atom stereocenters. The van der Waals surface area contributed by atoms with Gasteiger partial charge in [0.1, 0.15) is 18.0 Å². The van der Waals surface area contributed by atoms with Crippen LogP contribution in [0.15, 0.2) is 28.7 Å². The average Bonchev–Trinajstić information content (AvgIpc) is 2.71. The third-order valence-electron chi connectivity index (χ3n) is 2.70. The van der Waals surface area contributed by atoms with Crippen molar-refractivity contribution < 1.29 is 14.3 Å². The number of amides is 1. The number of carbonyl (C=O) groups excluding carboxylic acids is 1. The molecule has 1 heterocycles. The molecule has 0 saturated heterocycles. The molecular weight excluding hydrogens is 230 g/mol. The largest absolute Gasteiger partial charge is 0.459 e. The highest BCUT2D eigenvalue weighted by Crippen LogP contribution is 2.28. The van der Waals surface area contributed by atoms with Crippen molar-refractivity contribution in [1.29, 1.82) is 0 Å². The highest BCUT2D eigenvalue weighted by Gasteiger charge is 2.22. The van der Waals surface area contributed by atoms with E-state index in [4.69, 9.17) is 9.52 Å². The predicted octanol–water partition coefficient (Wildman–Crippen LogP) is 2.91. The van der Waals surface area contributed by atoms with E-state index < -0.39 is 5.41 Å². The Morgan fingerprint density at radius 2 is 2.11 bits per heavy atom. The first-order valence-electron chi connectivity index (χ1n) is 5.85. The summed E-state index contributed by atoms with van der Waals surface area (Å²) in [6, 6.07) is 7.18. The molecule has 96 valence electrons. The predicted molar refractivity (Wildman–Crippen MR) is 70.2 cm³/mol. The molecule has 1 aromatic heterocycles. The SMILES string of the molecule is CC(C)(C)C(=O)Nc1cccc2oc(CO)cc12. The molecule has 18 heavy (non-hydrogen) atoms. The summed E-state index contributed by atoms with van der Waals surface area (Å²) < 4.78 is 5.42. The van der Waals surface area contributed by atoms with Gasteiger partial charge in [-0.3, -0.25) is 4.79 Å². The molecule has 0 aliphatic carbocycles.